The van der Waals surface area contributed by atoms with Crippen LogP contribution in [0, 0.1) is 5.92 Å². The molecule has 1 amide bonds. The SMILES string of the molecule is CC(NC(=O)CNC(c1cccs1)C(C)C)c1cc2ccccc2o1. The lowest BCUT2D eigenvalue weighted by Gasteiger charge is -2.21. The van der Waals surface area contributed by atoms with Crippen molar-refractivity contribution in [2.75, 3.05) is 6.54 Å². The van der Waals surface area contributed by atoms with E-state index in [2.05, 4.69) is 35.9 Å². The van der Waals surface area contributed by atoms with Crippen LogP contribution in [0.4, 0.5) is 0 Å². The van der Waals surface area contributed by atoms with Gasteiger partial charge in [-0.1, -0.05) is 38.1 Å². The predicted octanol–water partition coefficient (Wildman–Crippen LogP) is 4.66. The third-order valence-electron chi connectivity index (χ3n) is 4.25. The lowest BCUT2D eigenvalue weighted by atomic mass is 10.0. The zero-order valence-electron chi connectivity index (χ0n) is 14.8. The van der Waals surface area contributed by atoms with Crippen molar-refractivity contribution >= 4 is 28.2 Å². The van der Waals surface area contributed by atoms with Gasteiger partial charge in [0, 0.05) is 16.3 Å². The summed E-state index contributed by atoms with van der Waals surface area (Å²) in [6, 6.07) is 14.0. The monoisotopic (exact) mass is 356 g/mol. The second-order valence-electron chi connectivity index (χ2n) is 6.59. The van der Waals surface area contributed by atoms with Crippen LogP contribution in [0.3, 0.4) is 0 Å². The molecule has 2 N–H and O–H groups in total. The number of thiophene rings is 1. The van der Waals surface area contributed by atoms with Crippen LogP contribution in [0.1, 0.15) is 43.5 Å². The second-order valence-corrected chi connectivity index (χ2v) is 7.57. The topological polar surface area (TPSA) is 54.3 Å². The Balaban J connectivity index is 1.58. The molecule has 0 aliphatic carbocycles. The van der Waals surface area contributed by atoms with Crippen molar-refractivity contribution in [3.05, 3.63) is 58.5 Å². The Labute approximate surface area is 152 Å². The third kappa shape index (κ3) is 4.30. The maximum absolute atomic E-state index is 12.3. The average molecular weight is 356 g/mol. The molecule has 3 aromatic rings. The number of carbonyl (C=O) groups is 1. The molecule has 4 nitrogen and oxygen atoms in total. The van der Waals surface area contributed by atoms with Gasteiger partial charge in [-0.05, 0) is 36.4 Å². The van der Waals surface area contributed by atoms with Crippen molar-refractivity contribution < 1.29 is 9.21 Å². The molecular weight excluding hydrogens is 332 g/mol. The number of carbonyl (C=O) groups excluding carboxylic acids is 1. The van der Waals surface area contributed by atoms with Gasteiger partial charge >= 0.3 is 0 Å². The van der Waals surface area contributed by atoms with Crippen LogP contribution in [0.15, 0.2) is 52.3 Å². The molecule has 0 aliphatic heterocycles. The molecule has 5 heteroatoms. The van der Waals surface area contributed by atoms with Gasteiger partial charge in [-0.25, -0.2) is 0 Å². The van der Waals surface area contributed by atoms with Crippen molar-refractivity contribution in [2.24, 2.45) is 5.92 Å². The molecule has 25 heavy (non-hydrogen) atoms. The first kappa shape index (κ1) is 17.7. The standard InChI is InChI=1S/C20H24N2O2S/c1-13(2)20(18-9-6-10-25-18)21-12-19(23)22-14(3)17-11-15-7-4-5-8-16(15)24-17/h4-11,13-14,20-21H,12H2,1-3H3,(H,22,23). The molecule has 3 rings (SSSR count). The summed E-state index contributed by atoms with van der Waals surface area (Å²) in [5.41, 5.74) is 0.842. The van der Waals surface area contributed by atoms with E-state index < -0.39 is 0 Å². The molecule has 2 aromatic heterocycles. The van der Waals surface area contributed by atoms with E-state index in [1.807, 2.05) is 43.3 Å². The number of para-hydroxylation sites is 1. The van der Waals surface area contributed by atoms with E-state index in [0.29, 0.717) is 5.92 Å². The number of benzene rings is 1. The molecule has 0 fully saturated rings. The Bertz CT molecular complexity index is 790. The number of fused-ring (bicyclic) bond motifs is 1. The summed E-state index contributed by atoms with van der Waals surface area (Å²) in [6.07, 6.45) is 0. The molecule has 0 aliphatic rings. The van der Waals surface area contributed by atoms with E-state index >= 15 is 0 Å². The molecule has 2 heterocycles. The number of nitrogens with one attached hydrogen (secondary N) is 2. The largest absolute Gasteiger partial charge is 0.459 e. The summed E-state index contributed by atoms with van der Waals surface area (Å²) in [5.74, 6) is 1.16. The highest BCUT2D eigenvalue weighted by atomic mass is 32.1. The van der Waals surface area contributed by atoms with Gasteiger partial charge in [-0.3, -0.25) is 4.79 Å². The highest BCUT2D eigenvalue weighted by molar-refractivity contribution is 7.10. The number of hydrogen-bond donors (Lipinski definition) is 2. The minimum absolute atomic E-state index is 0.0323. The Morgan fingerprint density at radius 1 is 1.16 bits per heavy atom. The minimum atomic E-state index is -0.166. The smallest absolute Gasteiger partial charge is 0.234 e. The maximum atomic E-state index is 12.3. The molecule has 1 aromatic carbocycles. The first-order valence-corrected chi connectivity index (χ1v) is 9.47. The van der Waals surface area contributed by atoms with Crippen LogP contribution in [0.25, 0.3) is 11.0 Å². The molecule has 0 radical (unpaired) electrons. The fourth-order valence-corrected chi connectivity index (χ4v) is 3.89. The molecular formula is C20H24N2O2S. The lowest BCUT2D eigenvalue weighted by Crippen LogP contribution is -2.38. The quantitative estimate of drug-likeness (QED) is 0.647. The summed E-state index contributed by atoms with van der Waals surface area (Å²) in [5, 5.41) is 9.49. The van der Waals surface area contributed by atoms with Gasteiger partial charge in [-0.15, -0.1) is 11.3 Å². The van der Waals surface area contributed by atoms with Crippen LogP contribution >= 0.6 is 11.3 Å². The van der Waals surface area contributed by atoms with Gasteiger partial charge in [0.2, 0.25) is 5.91 Å². The zero-order chi connectivity index (χ0) is 17.8. The second kappa shape index (κ2) is 7.85. The highest BCUT2D eigenvalue weighted by Crippen LogP contribution is 2.26. The van der Waals surface area contributed by atoms with Crippen LogP contribution < -0.4 is 10.6 Å². The summed E-state index contributed by atoms with van der Waals surface area (Å²) in [6.45, 7) is 6.54. The van der Waals surface area contributed by atoms with E-state index in [9.17, 15) is 4.79 Å². The van der Waals surface area contributed by atoms with Crippen LogP contribution in [0.5, 0.6) is 0 Å². The number of rotatable bonds is 7. The predicted molar refractivity (Wildman–Crippen MR) is 103 cm³/mol. The van der Waals surface area contributed by atoms with E-state index in [1.54, 1.807) is 11.3 Å². The fraction of sp³-hybridized carbons (Fsp3) is 0.350. The molecule has 0 bridgehead atoms. The molecule has 0 saturated heterocycles. The summed E-state index contributed by atoms with van der Waals surface area (Å²) in [7, 11) is 0. The van der Waals surface area contributed by atoms with Gasteiger partial charge in [-0.2, -0.15) is 0 Å². The van der Waals surface area contributed by atoms with Crippen molar-refractivity contribution in [1.29, 1.82) is 0 Å². The van der Waals surface area contributed by atoms with Crippen molar-refractivity contribution in [1.82, 2.24) is 10.6 Å². The molecule has 0 saturated carbocycles. The van der Waals surface area contributed by atoms with Gasteiger partial charge < -0.3 is 15.1 Å². The summed E-state index contributed by atoms with van der Waals surface area (Å²) in [4.78, 5) is 13.6. The number of amides is 1. The first-order valence-electron chi connectivity index (χ1n) is 8.59. The van der Waals surface area contributed by atoms with E-state index in [1.165, 1.54) is 4.88 Å². The van der Waals surface area contributed by atoms with Crippen LogP contribution in [-0.2, 0) is 4.79 Å². The van der Waals surface area contributed by atoms with Gasteiger partial charge in [0.25, 0.3) is 0 Å². The lowest BCUT2D eigenvalue weighted by molar-refractivity contribution is -0.121. The fourth-order valence-electron chi connectivity index (χ4n) is 2.92. The normalized spacial score (nSPS) is 13.9. The van der Waals surface area contributed by atoms with Crippen molar-refractivity contribution in [3.63, 3.8) is 0 Å². The first-order chi connectivity index (χ1) is 12.0. The zero-order valence-corrected chi connectivity index (χ0v) is 15.6. The Kier molecular flexibility index (Phi) is 5.56. The Hall–Kier alpha value is -2.11. The summed E-state index contributed by atoms with van der Waals surface area (Å²) >= 11 is 1.71. The van der Waals surface area contributed by atoms with E-state index in [4.69, 9.17) is 4.42 Å². The van der Waals surface area contributed by atoms with Gasteiger partial charge in [0.1, 0.15) is 11.3 Å². The molecule has 0 spiro atoms. The molecule has 2 atom stereocenters. The Morgan fingerprint density at radius 2 is 1.96 bits per heavy atom. The third-order valence-corrected chi connectivity index (χ3v) is 5.20. The van der Waals surface area contributed by atoms with Crippen LogP contribution in [0.2, 0.25) is 0 Å². The van der Waals surface area contributed by atoms with Gasteiger partial charge in [0.05, 0.1) is 12.6 Å². The molecule has 132 valence electrons. The molecule has 2 unspecified atom stereocenters. The van der Waals surface area contributed by atoms with Gasteiger partial charge in [0.15, 0.2) is 0 Å². The number of furan rings is 1. The number of hydrogen-bond acceptors (Lipinski definition) is 4. The van der Waals surface area contributed by atoms with Crippen molar-refractivity contribution in [3.8, 4) is 0 Å². The average Bonchev–Trinajstić information content (AvgIpc) is 3.24. The minimum Gasteiger partial charge on any atom is -0.459 e. The Morgan fingerprint density at radius 3 is 2.64 bits per heavy atom. The van der Waals surface area contributed by atoms with Crippen molar-refractivity contribution in [2.45, 2.75) is 32.9 Å². The van der Waals surface area contributed by atoms with E-state index in [-0.39, 0.29) is 24.5 Å². The maximum Gasteiger partial charge on any atom is 0.234 e. The van der Waals surface area contributed by atoms with Crippen LogP contribution in [-0.4, -0.2) is 12.5 Å². The van der Waals surface area contributed by atoms with E-state index in [0.717, 1.165) is 16.7 Å². The highest BCUT2D eigenvalue weighted by Gasteiger charge is 2.19. The summed E-state index contributed by atoms with van der Waals surface area (Å²) < 4.78 is 5.82.